The first kappa shape index (κ1) is 11.2. The van der Waals surface area contributed by atoms with Gasteiger partial charge in [0.2, 0.25) is 0 Å². The summed E-state index contributed by atoms with van der Waals surface area (Å²) in [5.74, 6) is 0. The van der Waals surface area contributed by atoms with E-state index in [-0.39, 0.29) is 0 Å². The van der Waals surface area contributed by atoms with E-state index < -0.39 is 5.24 Å². The zero-order valence-electron chi connectivity index (χ0n) is 8.45. The van der Waals surface area contributed by atoms with E-state index >= 15 is 0 Å². The largest absolute Gasteiger partial charge is 0.274 e. The van der Waals surface area contributed by atoms with E-state index in [0.717, 1.165) is 0 Å². The van der Waals surface area contributed by atoms with Crippen LogP contribution in [0.2, 0.25) is 5.02 Å². The number of aromatic nitrogens is 2. The molecule has 0 radical (unpaired) electrons. The highest BCUT2D eigenvalue weighted by Crippen LogP contribution is 2.22. The number of para-hydroxylation sites is 1. The Hall–Kier alpha value is -1.32. The second-order valence-electron chi connectivity index (χ2n) is 3.31. The SMILES string of the molecule is Cc1cc(C(=O)Cl)n(-c2ccccc2Cl)n1. The predicted octanol–water partition coefficient (Wildman–Crippen LogP) is 3.21. The van der Waals surface area contributed by atoms with Crippen LogP contribution in [0.4, 0.5) is 0 Å². The van der Waals surface area contributed by atoms with E-state index in [0.29, 0.717) is 22.1 Å². The topological polar surface area (TPSA) is 34.9 Å². The summed E-state index contributed by atoms with van der Waals surface area (Å²) >= 11 is 11.5. The van der Waals surface area contributed by atoms with Crippen LogP contribution in [0.1, 0.15) is 16.2 Å². The Kier molecular flexibility index (Phi) is 2.99. The summed E-state index contributed by atoms with van der Waals surface area (Å²) in [5, 5.41) is 4.15. The summed E-state index contributed by atoms with van der Waals surface area (Å²) in [6.07, 6.45) is 0. The number of nitrogens with zero attached hydrogens (tertiary/aromatic N) is 2. The lowest BCUT2D eigenvalue weighted by molar-refractivity contribution is 0.107. The Bertz CT molecular complexity index is 549. The molecule has 5 heteroatoms. The lowest BCUT2D eigenvalue weighted by atomic mass is 10.3. The summed E-state index contributed by atoms with van der Waals surface area (Å²) in [5.41, 5.74) is 1.66. The Labute approximate surface area is 103 Å². The molecule has 2 aromatic rings. The second kappa shape index (κ2) is 4.28. The Morgan fingerprint density at radius 2 is 2.06 bits per heavy atom. The molecule has 0 saturated carbocycles. The van der Waals surface area contributed by atoms with Crippen molar-refractivity contribution in [2.45, 2.75) is 6.92 Å². The van der Waals surface area contributed by atoms with Gasteiger partial charge in [0.25, 0.3) is 5.24 Å². The smallest absolute Gasteiger partial charge is 0.270 e. The van der Waals surface area contributed by atoms with Crippen LogP contribution in [0.3, 0.4) is 0 Å². The molecule has 0 amide bonds. The van der Waals surface area contributed by atoms with Gasteiger partial charge in [-0.15, -0.1) is 0 Å². The minimum Gasteiger partial charge on any atom is -0.274 e. The van der Waals surface area contributed by atoms with E-state index in [4.69, 9.17) is 23.2 Å². The number of benzene rings is 1. The van der Waals surface area contributed by atoms with Crippen LogP contribution in [-0.2, 0) is 0 Å². The van der Waals surface area contributed by atoms with Gasteiger partial charge in [-0.1, -0.05) is 23.7 Å². The highest BCUT2D eigenvalue weighted by Gasteiger charge is 2.14. The third kappa shape index (κ3) is 1.96. The Balaban J connectivity index is 2.64. The van der Waals surface area contributed by atoms with Gasteiger partial charge in [-0.3, -0.25) is 4.79 Å². The minimum atomic E-state index is -0.555. The van der Waals surface area contributed by atoms with E-state index in [1.165, 1.54) is 4.68 Å². The van der Waals surface area contributed by atoms with Gasteiger partial charge in [0.05, 0.1) is 16.4 Å². The summed E-state index contributed by atoms with van der Waals surface area (Å²) in [7, 11) is 0. The molecule has 1 heterocycles. The maximum atomic E-state index is 11.2. The van der Waals surface area contributed by atoms with Crippen molar-refractivity contribution in [2.75, 3.05) is 0 Å². The fraction of sp³-hybridized carbons (Fsp3) is 0.0909. The number of hydrogen-bond acceptors (Lipinski definition) is 2. The summed E-state index contributed by atoms with van der Waals surface area (Å²) in [6, 6.07) is 8.76. The molecule has 0 aliphatic carbocycles. The van der Waals surface area contributed by atoms with E-state index in [9.17, 15) is 4.79 Å². The van der Waals surface area contributed by atoms with Crippen molar-refractivity contribution in [3.8, 4) is 5.69 Å². The molecule has 0 aliphatic heterocycles. The van der Waals surface area contributed by atoms with Crippen LogP contribution in [0.15, 0.2) is 30.3 Å². The summed E-state index contributed by atoms with van der Waals surface area (Å²) in [4.78, 5) is 11.2. The van der Waals surface area contributed by atoms with Crippen molar-refractivity contribution in [2.24, 2.45) is 0 Å². The molecule has 0 spiro atoms. The van der Waals surface area contributed by atoms with Gasteiger partial charge in [-0.05, 0) is 36.7 Å². The molecule has 0 fully saturated rings. The van der Waals surface area contributed by atoms with Crippen LogP contribution < -0.4 is 0 Å². The van der Waals surface area contributed by atoms with Gasteiger partial charge in [0.1, 0.15) is 5.69 Å². The van der Waals surface area contributed by atoms with Crippen molar-refractivity contribution < 1.29 is 4.79 Å². The predicted molar refractivity (Wildman–Crippen MR) is 63.5 cm³/mol. The van der Waals surface area contributed by atoms with E-state index in [2.05, 4.69) is 5.10 Å². The van der Waals surface area contributed by atoms with Crippen molar-refractivity contribution in [1.29, 1.82) is 0 Å². The maximum absolute atomic E-state index is 11.2. The zero-order chi connectivity index (χ0) is 11.7. The molecule has 0 unspecified atom stereocenters. The summed E-state index contributed by atoms with van der Waals surface area (Å²) in [6.45, 7) is 1.79. The Morgan fingerprint density at radius 1 is 1.38 bits per heavy atom. The molecule has 3 nitrogen and oxygen atoms in total. The first-order valence-electron chi connectivity index (χ1n) is 4.61. The van der Waals surface area contributed by atoms with Crippen LogP contribution >= 0.6 is 23.2 Å². The van der Waals surface area contributed by atoms with Crippen molar-refractivity contribution in [3.63, 3.8) is 0 Å². The van der Waals surface area contributed by atoms with Crippen LogP contribution in [0.25, 0.3) is 5.69 Å². The average Bonchev–Trinajstić information content (AvgIpc) is 2.61. The van der Waals surface area contributed by atoms with Gasteiger partial charge in [-0.25, -0.2) is 4.68 Å². The van der Waals surface area contributed by atoms with Gasteiger partial charge >= 0.3 is 0 Å². The molecule has 0 atom stereocenters. The van der Waals surface area contributed by atoms with Crippen LogP contribution in [0, 0.1) is 6.92 Å². The molecule has 1 aromatic heterocycles. The number of aryl methyl sites for hydroxylation is 1. The Morgan fingerprint density at radius 3 is 2.69 bits per heavy atom. The maximum Gasteiger partial charge on any atom is 0.270 e. The number of halogens is 2. The first-order chi connectivity index (χ1) is 7.59. The standard InChI is InChI=1S/C11H8Cl2N2O/c1-7-6-10(11(13)16)15(14-7)9-5-3-2-4-8(9)12/h2-6H,1H3. The third-order valence-electron chi connectivity index (χ3n) is 2.11. The first-order valence-corrected chi connectivity index (χ1v) is 5.36. The quantitative estimate of drug-likeness (QED) is 0.772. The normalized spacial score (nSPS) is 10.4. The number of carbonyl (C=O) groups is 1. The highest BCUT2D eigenvalue weighted by atomic mass is 35.5. The second-order valence-corrected chi connectivity index (χ2v) is 4.06. The van der Waals surface area contributed by atoms with Crippen molar-refractivity contribution >= 4 is 28.4 Å². The molecule has 0 N–H and O–H groups in total. The highest BCUT2D eigenvalue weighted by molar-refractivity contribution is 6.67. The molecule has 2 rings (SSSR count). The van der Waals surface area contributed by atoms with Crippen molar-refractivity contribution in [1.82, 2.24) is 9.78 Å². The minimum absolute atomic E-state index is 0.312. The number of rotatable bonds is 2. The molecule has 0 bridgehead atoms. The molecule has 82 valence electrons. The van der Waals surface area contributed by atoms with Crippen LogP contribution in [-0.4, -0.2) is 15.0 Å². The average molecular weight is 255 g/mol. The molecule has 0 aliphatic rings. The summed E-state index contributed by atoms with van der Waals surface area (Å²) < 4.78 is 1.45. The van der Waals surface area contributed by atoms with Gasteiger partial charge in [0.15, 0.2) is 0 Å². The monoisotopic (exact) mass is 254 g/mol. The van der Waals surface area contributed by atoms with E-state index in [1.807, 2.05) is 12.1 Å². The van der Waals surface area contributed by atoms with Gasteiger partial charge < -0.3 is 0 Å². The lowest BCUT2D eigenvalue weighted by Crippen LogP contribution is -2.05. The van der Waals surface area contributed by atoms with Crippen molar-refractivity contribution in [3.05, 3.63) is 46.7 Å². The fourth-order valence-corrected chi connectivity index (χ4v) is 1.80. The molecule has 0 saturated heterocycles. The van der Waals surface area contributed by atoms with Gasteiger partial charge in [-0.2, -0.15) is 5.10 Å². The molecule has 16 heavy (non-hydrogen) atoms. The molecule has 1 aromatic carbocycles. The number of carbonyl (C=O) groups excluding carboxylic acids is 1. The molecular formula is C11H8Cl2N2O. The van der Waals surface area contributed by atoms with Crippen LogP contribution in [0.5, 0.6) is 0 Å². The number of hydrogen-bond donors (Lipinski definition) is 0. The fourth-order valence-electron chi connectivity index (χ4n) is 1.45. The van der Waals surface area contributed by atoms with Gasteiger partial charge in [0, 0.05) is 0 Å². The van der Waals surface area contributed by atoms with E-state index in [1.54, 1.807) is 25.1 Å². The lowest BCUT2D eigenvalue weighted by Gasteiger charge is -2.05. The molecular weight excluding hydrogens is 247 g/mol. The third-order valence-corrected chi connectivity index (χ3v) is 2.63. The zero-order valence-corrected chi connectivity index (χ0v) is 9.96.